The number of unbranched alkanes of at least 4 members (excludes halogenated alkanes) is 2. The second-order valence-corrected chi connectivity index (χ2v) is 4.01. The van der Waals surface area contributed by atoms with Crippen LogP contribution in [0.25, 0.3) is 0 Å². The normalized spacial score (nSPS) is 10.3. The molecule has 1 aromatic rings. The molecule has 100 valence electrons. The van der Waals surface area contributed by atoms with E-state index < -0.39 is 4.92 Å². The van der Waals surface area contributed by atoms with Crippen molar-refractivity contribution in [1.29, 1.82) is 0 Å². The Balaban J connectivity index is 2.35. The summed E-state index contributed by atoms with van der Waals surface area (Å²) in [5.41, 5.74) is 6.53. The maximum atomic E-state index is 10.6. The Morgan fingerprint density at radius 3 is 2.78 bits per heavy atom. The van der Waals surface area contributed by atoms with Gasteiger partial charge in [0.2, 0.25) is 0 Å². The largest absolute Gasteiger partial charge is 0.393 e. The highest BCUT2D eigenvalue weighted by Gasteiger charge is 2.10. The first-order valence-corrected chi connectivity index (χ1v) is 5.92. The zero-order chi connectivity index (χ0) is 13.4. The van der Waals surface area contributed by atoms with Crippen molar-refractivity contribution in [2.45, 2.75) is 19.3 Å². The number of hydrogen-bond acceptors (Lipinski definition) is 5. The molecule has 0 aliphatic heterocycles. The number of nitrogens with zero attached hydrogens (tertiary/aromatic N) is 1. The zero-order valence-electron chi connectivity index (χ0n) is 10.5. The van der Waals surface area contributed by atoms with Crippen LogP contribution in [0.4, 0.5) is 17.1 Å². The molecule has 0 atom stereocenters. The van der Waals surface area contributed by atoms with Gasteiger partial charge in [-0.25, -0.2) is 0 Å². The quantitative estimate of drug-likeness (QED) is 0.321. The highest BCUT2D eigenvalue weighted by Crippen LogP contribution is 2.24. The maximum Gasteiger partial charge on any atom is 0.292 e. The Bertz CT molecular complexity index is 396. The number of nitrogens with one attached hydrogen (secondary N) is 1. The Morgan fingerprint density at radius 2 is 2.17 bits per heavy atom. The summed E-state index contributed by atoms with van der Waals surface area (Å²) in [5, 5.41) is 13.8. The summed E-state index contributed by atoms with van der Waals surface area (Å²) in [6.45, 7) is 1.60. The number of methoxy groups -OCH3 is 1. The molecule has 0 amide bonds. The van der Waals surface area contributed by atoms with Crippen LogP contribution in [0, 0.1) is 10.1 Å². The smallest absolute Gasteiger partial charge is 0.292 e. The minimum absolute atomic E-state index is 0.0550. The van der Waals surface area contributed by atoms with Crippen LogP contribution in [0.5, 0.6) is 0 Å². The molecule has 0 aliphatic carbocycles. The van der Waals surface area contributed by atoms with Gasteiger partial charge in [0, 0.05) is 32.0 Å². The monoisotopic (exact) mass is 253 g/mol. The van der Waals surface area contributed by atoms with Crippen molar-refractivity contribution in [1.82, 2.24) is 0 Å². The van der Waals surface area contributed by atoms with E-state index in [0.717, 1.165) is 38.1 Å². The highest BCUT2D eigenvalue weighted by atomic mass is 16.6. The van der Waals surface area contributed by atoms with Gasteiger partial charge in [-0.15, -0.1) is 0 Å². The lowest BCUT2D eigenvalue weighted by molar-refractivity contribution is -0.383. The van der Waals surface area contributed by atoms with E-state index in [2.05, 4.69) is 5.32 Å². The van der Waals surface area contributed by atoms with E-state index in [1.165, 1.54) is 6.07 Å². The standard InChI is InChI=1S/C12H19N3O3/c1-18-8-4-2-3-7-14-10-5-6-12(15(16)17)11(13)9-10/h5-6,9,14H,2-4,7-8,13H2,1H3. The molecule has 1 aromatic carbocycles. The van der Waals surface area contributed by atoms with Crippen molar-refractivity contribution in [3.05, 3.63) is 28.3 Å². The summed E-state index contributed by atoms with van der Waals surface area (Å²) in [4.78, 5) is 10.1. The molecular weight excluding hydrogens is 234 g/mol. The number of ether oxygens (including phenoxy) is 1. The van der Waals surface area contributed by atoms with Gasteiger partial charge in [0.05, 0.1) is 4.92 Å². The Morgan fingerprint density at radius 1 is 1.39 bits per heavy atom. The van der Waals surface area contributed by atoms with Crippen LogP contribution in [-0.4, -0.2) is 25.2 Å². The number of nitrogen functional groups attached to an aromatic ring is 1. The number of rotatable bonds is 8. The fraction of sp³-hybridized carbons (Fsp3) is 0.500. The minimum atomic E-state index is -0.482. The Hall–Kier alpha value is -1.82. The van der Waals surface area contributed by atoms with Gasteiger partial charge in [-0.1, -0.05) is 0 Å². The van der Waals surface area contributed by atoms with Crippen LogP contribution in [0.15, 0.2) is 18.2 Å². The first kappa shape index (κ1) is 14.2. The number of anilines is 2. The lowest BCUT2D eigenvalue weighted by Gasteiger charge is -2.07. The summed E-state index contributed by atoms with van der Waals surface area (Å²) in [6, 6.07) is 4.68. The van der Waals surface area contributed by atoms with Gasteiger partial charge >= 0.3 is 0 Å². The lowest BCUT2D eigenvalue weighted by Crippen LogP contribution is -2.03. The number of nitro groups is 1. The van der Waals surface area contributed by atoms with E-state index in [0.29, 0.717) is 0 Å². The van der Waals surface area contributed by atoms with Gasteiger partial charge in [-0.2, -0.15) is 0 Å². The molecule has 6 heteroatoms. The SMILES string of the molecule is COCCCCCNc1ccc([N+](=O)[O-])c(N)c1. The minimum Gasteiger partial charge on any atom is -0.393 e. The molecule has 0 radical (unpaired) electrons. The van der Waals surface area contributed by atoms with Crippen molar-refractivity contribution < 1.29 is 9.66 Å². The average molecular weight is 253 g/mol. The van der Waals surface area contributed by atoms with Gasteiger partial charge < -0.3 is 15.8 Å². The molecule has 0 aliphatic rings. The van der Waals surface area contributed by atoms with Crippen LogP contribution in [0.3, 0.4) is 0 Å². The molecule has 0 aromatic heterocycles. The molecule has 18 heavy (non-hydrogen) atoms. The topological polar surface area (TPSA) is 90.4 Å². The van der Waals surface area contributed by atoms with Gasteiger partial charge in [0.25, 0.3) is 5.69 Å². The molecule has 1 rings (SSSR count). The lowest BCUT2D eigenvalue weighted by atomic mass is 10.2. The zero-order valence-corrected chi connectivity index (χ0v) is 10.5. The first-order valence-electron chi connectivity index (χ1n) is 5.92. The third-order valence-electron chi connectivity index (χ3n) is 2.58. The number of nitro benzene ring substituents is 1. The summed E-state index contributed by atoms with van der Waals surface area (Å²) in [6.07, 6.45) is 3.16. The van der Waals surface area contributed by atoms with E-state index in [-0.39, 0.29) is 11.4 Å². The maximum absolute atomic E-state index is 10.6. The van der Waals surface area contributed by atoms with Crippen LogP contribution >= 0.6 is 0 Å². The number of hydrogen-bond donors (Lipinski definition) is 2. The average Bonchev–Trinajstić information content (AvgIpc) is 2.33. The van der Waals surface area contributed by atoms with E-state index in [4.69, 9.17) is 10.5 Å². The molecule has 0 bridgehead atoms. The van der Waals surface area contributed by atoms with Gasteiger partial charge in [-0.05, 0) is 31.4 Å². The van der Waals surface area contributed by atoms with Gasteiger partial charge in [0.15, 0.2) is 0 Å². The van der Waals surface area contributed by atoms with E-state index in [1.54, 1.807) is 19.2 Å². The van der Waals surface area contributed by atoms with E-state index >= 15 is 0 Å². The first-order chi connectivity index (χ1) is 8.65. The van der Waals surface area contributed by atoms with Crippen LogP contribution in [0.1, 0.15) is 19.3 Å². The molecule has 6 nitrogen and oxygen atoms in total. The second-order valence-electron chi connectivity index (χ2n) is 4.01. The van der Waals surface area contributed by atoms with Gasteiger partial charge in [0.1, 0.15) is 5.69 Å². The third-order valence-corrected chi connectivity index (χ3v) is 2.58. The molecule has 0 unspecified atom stereocenters. The van der Waals surface area contributed by atoms with Crippen molar-refractivity contribution in [2.75, 3.05) is 31.3 Å². The van der Waals surface area contributed by atoms with Crippen molar-refractivity contribution >= 4 is 17.1 Å². The number of nitrogens with two attached hydrogens (primary N) is 1. The fourth-order valence-electron chi connectivity index (χ4n) is 1.61. The van der Waals surface area contributed by atoms with E-state index in [1.807, 2.05) is 0 Å². The van der Waals surface area contributed by atoms with Crippen molar-refractivity contribution in [2.24, 2.45) is 0 Å². The molecule has 0 heterocycles. The Labute approximate surface area is 106 Å². The van der Waals surface area contributed by atoms with E-state index in [9.17, 15) is 10.1 Å². The predicted octanol–water partition coefficient (Wildman–Crippen LogP) is 2.41. The fourth-order valence-corrected chi connectivity index (χ4v) is 1.61. The third kappa shape index (κ3) is 4.58. The van der Waals surface area contributed by atoms with Crippen LogP contribution in [-0.2, 0) is 4.74 Å². The second kappa shape index (κ2) is 7.50. The molecule has 0 fully saturated rings. The van der Waals surface area contributed by atoms with Crippen LogP contribution in [0.2, 0.25) is 0 Å². The molecule has 3 N–H and O–H groups in total. The molecule has 0 saturated carbocycles. The predicted molar refractivity (Wildman–Crippen MR) is 71.7 cm³/mol. The van der Waals surface area contributed by atoms with Crippen LogP contribution < -0.4 is 11.1 Å². The van der Waals surface area contributed by atoms with Crippen molar-refractivity contribution in [3.8, 4) is 0 Å². The highest BCUT2D eigenvalue weighted by molar-refractivity contribution is 5.65. The molecule has 0 saturated heterocycles. The molecular formula is C12H19N3O3. The molecule has 0 spiro atoms. The van der Waals surface area contributed by atoms with Crippen molar-refractivity contribution in [3.63, 3.8) is 0 Å². The summed E-state index contributed by atoms with van der Waals surface area (Å²) in [5.74, 6) is 0. The van der Waals surface area contributed by atoms with Gasteiger partial charge in [-0.3, -0.25) is 10.1 Å². The summed E-state index contributed by atoms with van der Waals surface area (Å²) < 4.78 is 4.96. The number of benzene rings is 1. The Kier molecular flexibility index (Phi) is 5.93. The summed E-state index contributed by atoms with van der Waals surface area (Å²) in [7, 11) is 1.69. The summed E-state index contributed by atoms with van der Waals surface area (Å²) >= 11 is 0.